The molecule has 1 unspecified atom stereocenters. The van der Waals surface area contributed by atoms with Crippen molar-refractivity contribution in [2.75, 3.05) is 20.3 Å². The van der Waals surface area contributed by atoms with Gasteiger partial charge >= 0.3 is 5.97 Å². The summed E-state index contributed by atoms with van der Waals surface area (Å²) in [4.78, 5) is 11.8. The summed E-state index contributed by atoms with van der Waals surface area (Å²) in [6.07, 6.45) is 0. The van der Waals surface area contributed by atoms with Crippen LogP contribution in [0.4, 0.5) is 0 Å². The lowest BCUT2D eigenvalue weighted by atomic mass is 9.68. The van der Waals surface area contributed by atoms with Gasteiger partial charge in [-0.2, -0.15) is 0 Å². The molecule has 0 heterocycles. The zero-order chi connectivity index (χ0) is 11.4. The molecule has 0 aliphatic carbocycles. The van der Waals surface area contributed by atoms with Gasteiger partial charge in [0, 0.05) is 7.11 Å². The highest BCUT2D eigenvalue weighted by atomic mass is 16.5. The monoisotopic (exact) mass is 202 g/mol. The van der Waals surface area contributed by atoms with Crippen molar-refractivity contribution in [2.24, 2.45) is 10.8 Å². The number of carbonyl (C=O) groups excluding carboxylic acids is 1. The molecule has 84 valence electrons. The molecule has 0 saturated heterocycles. The molecule has 0 bridgehead atoms. The predicted octanol–water partition coefficient (Wildman–Crippen LogP) is 2.25. The van der Waals surface area contributed by atoms with Crippen molar-refractivity contribution in [3.63, 3.8) is 0 Å². The summed E-state index contributed by atoms with van der Waals surface area (Å²) in [6, 6.07) is 0. The first-order chi connectivity index (χ1) is 6.29. The highest BCUT2D eigenvalue weighted by Crippen LogP contribution is 2.39. The van der Waals surface area contributed by atoms with Crippen LogP contribution in [0.3, 0.4) is 0 Å². The van der Waals surface area contributed by atoms with E-state index < -0.39 is 5.41 Å². The minimum absolute atomic E-state index is 0.171. The van der Waals surface area contributed by atoms with Gasteiger partial charge in [0.15, 0.2) is 0 Å². The third-order valence-corrected chi connectivity index (χ3v) is 2.81. The van der Waals surface area contributed by atoms with Crippen molar-refractivity contribution in [3.05, 3.63) is 0 Å². The van der Waals surface area contributed by atoms with Gasteiger partial charge in [-0.1, -0.05) is 20.8 Å². The molecule has 3 heteroatoms. The zero-order valence-corrected chi connectivity index (χ0v) is 10.1. The summed E-state index contributed by atoms with van der Waals surface area (Å²) >= 11 is 0. The van der Waals surface area contributed by atoms with Crippen LogP contribution in [-0.2, 0) is 14.3 Å². The SMILES string of the molecule is CCOC(=O)C(C)(COC)C(C)(C)C. The molecule has 1 atom stereocenters. The van der Waals surface area contributed by atoms with Crippen LogP contribution >= 0.6 is 0 Å². The Morgan fingerprint density at radius 3 is 2.00 bits per heavy atom. The van der Waals surface area contributed by atoms with E-state index in [4.69, 9.17) is 9.47 Å². The molecule has 0 rings (SSSR count). The van der Waals surface area contributed by atoms with Gasteiger partial charge in [0.25, 0.3) is 0 Å². The second kappa shape index (κ2) is 4.78. The van der Waals surface area contributed by atoms with E-state index in [0.717, 1.165) is 0 Å². The highest BCUT2D eigenvalue weighted by molar-refractivity contribution is 5.77. The Bertz CT molecular complexity index is 193. The van der Waals surface area contributed by atoms with Crippen LogP contribution in [0.15, 0.2) is 0 Å². The first-order valence-corrected chi connectivity index (χ1v) is 4.95. The number of hydrogen-bond acceptors (Lipinski definition) is 3. The quantitative estimate of drug-likeness (QED) is 0.656. The standard InChI is InChI=1S/C11H22O3/c1-7-14-9(12)11(5,8-13-6)10(2,3)4/h7-8H2,1-6H3. The van der Waals surface area contributed by atoms with Crippen LogP contribution in [0, 0.1) is 10.8 Å². The minimum Gasteiger partial charge on any atom is -0.465 e. The van der Waals surface area contributed by atoms with Gasteiger partial charge in [-0.3, -0.25) is 4.79 Å². The van der Waals surface area contributed by atoms with Crippen LogP contribution in [0.1, 0.15) is 34.6 Å². The minimum atomic E-state index is -0.586. The maximum absolute atomic E-state index is 11.8. The lowest BCUT2D eigenvalue weighted by molar-refractivity contribution is -0.166. The fourth-order valence-electron chi connectivity index (χ4n) is 1.16. The van der Waals surface area contributed by atoms with Gasteiger partial charge in [-0.15, -0.1) is 0 Å². The van der Waals surface area contributed by atoms with Crippen molar-refractivity contribution < 1.29 is 14.3 Å². The highest BCUT2D eigenvalue weighted by Gasteiger charge is 2.45. The summed E-state index contributed by atoms with van der Waals surface area (Å²) in [5.74, 6) is -0.186. The average molecular weight is 202 g/mol. The van der Waals surface area contributed by atoms with Gasteiger partial charge in [-0.25, -0.2) is 0 Å². The molecule has 0 aromatic carbocycles. The molecule has 0 aromatic heterocycles. The topological polar surface area (TPSA) is 35.5 Å². The van der Waals surface area contributed by atoms with Crippen molar-refractivity contribution in [2.45, 2.75) is 34.6 Å². The second-order valence-corrected chi connectivity index (χ2v) is 4.74. The van der Waals surface area contributed by atoms with E-state index in [2.05, 4.69) is 0 Å². The van der Waals surface area contributed by atoms with E-state index in [1.165, 1.54) is 0 Å². The van der Waals surface area contributed by atoms with E-state index in [-0.39, 0.29) is 11.4 Å². The Kier molecular flexibility index (Phi) is 4.59. The number of rotatable bonds is 4. The molecule has 0 spiro atoms. The third-order valence-electron chi connectivity index (χ3n) is 2.81. The molecule has 0 aliphatic rings. The van der Waals surface area contributed by atoms with Crippen LogP contribution < -0.4 is 0 Å². The van der Waals surface area contributed by atoms with Gasteiger partial charge < -0.3 is 9.47 Å². The van der Waals surface area contributed by atoms with E-state index in [1.54, 1.807) is 7.11 Å². The van der Waals surface area contributed by atoms with E-state index >= 15 is 0 Å². The summed E-state index contributed by atoms with van der Waals surface area (Å²) in [5.41, 5.74) is -0.757. The Labute approximate surface area is 86.8 Å². The van der Waals surface area contributed by atoms with Gasteiger partial charge in [0.1, 0.15) is 0 Å². The van der Waals surface area contributed by atoms with Crippen LogP contribution in [0.2, 0.25) is 0 Å². The molecule has 0 saturated carbocycles. The summed E-state index contributed by atoms with van der Waals surface area (Å²) in [7, 11) is 1.60. The summed E-state index contributed by atoms with van der Waals surface area (Å²) in [5, 5.41) is 0. The molecule has 3 nitrogen and oxygen atoms in total. The van der Waals surface area contributed by atoms with E-state index in [9.17, 15) is 4.79 Å². The first-order valence-electron chi connectivity index (χ1n) is 4.95. The Balaban J connectivity index is 4.80. The second-order valence-electron chi connectivity index (χ2n) is 4.74. The van der Waals surface area contributed by atoms with Gasteiger partial charge in [0.05, 0.1) is 18.6 Å². The zero-order valence-electron chi connectivity index (χ0n) is 10.1. The number of esters is 1. The number of ether oxygens (including phenoxy) is 2. The van der Waals surface area contributed by atoms with E-state index in [0.29, 0.717) is 13.2 Å². The summed E-state index contributed by atoms with van der Waals surface area (Å²) in [6.45, 7) is 10.5. The van der Waals surface area contributed by atoms with Crippen molar-refractivity contribution >= 4 is 5.97 Å². The van der Waals surface area contributed by atoms with Gasteiger partial charge in [-0.05, 0) is 19.3 Å². The largest absolute Gasteiger partial charge is 0.465 e. The first kappa shape index (κ1) is 13.4. The molecule has 0 aliphatic heterocycles. The molecule has 0 N–H and O–H groups in total. The smallest absolute Gasteiger partial charge is 0.314 e. The van der Waals surface area contributed by atoms with Crippen LogP contribution in [0.5, 0.6) is 0 Å². The lowest BCUT2D eigenvalue weighted by Gasteiger charge is -2.38. The normalized spacial score (nSPS) is 16.1. The van der Waals surface area contributed by atoms with E-state index in [1.807, 2.05) is 34.6 Å². The summed E-state index contributed by atoms with van der Waals surface area (Å²) < 4.78 is 10.2. The van der Waals surface area contributed by atoms with Crippen LogP contribution in [0.25, 0.3) is 0 Å². The molecule has 14 heavy (non-hydrogen) atoms. The van der Waals surface area contributed by atoms with Crippen molar-refractivity contribution in [3.8, 4) is 0 Å². The maximum Gasteiger partial charge on any atom is 0.314 e. The lowest BCUT2D eigenvalue weighted by Crippen LogP contribution is -2.45. The van der Waals surface area contributed by atoms with Crippen LogP contribution in [-0.4, -0.2) is 26.3 Å². The fraction of sp³-hybridized carbons (Fsp3) is 0.909. The van der Waals surface area contributed by atoms with Gasteiger partial charge in [0.2, 0.25) is 0 Å². The number of carbonyl (C=O) groups is 1. The average Bonchev–Trinajstić information content (AvgIpc) is 2.03. The molecule has 0 aromatic rings. The Morgan fingerprint density at radius 2 is 1.71 bits per heavy atom. The maximum atomic E-state index is 11.8. The third kappa shape index (κ3) is 2.71. The Hall–Kier alpha value is -0.570. The number of hydrogen-bond donors (Lipinski definition) is 0. The molecular formula is C11H22O3. The van der Waals surface area contributed by atoms with Crippen molar-refractivity contribution in [1.29, 1.82) is 0 Å². The Morgan fingerprint density at radius 1 is 1.21 bits per heavy atom. The molecular weight excluding hydrogens is 180 g/mol. The number of methoxy groups -OCH3 is 1. The van der Waals surface area contributed by atoms with Crippen molar-refractivity contribution in [1.82, 2.24) is 0 Å². The fourth-order valence-corrected chi connectivity index (χ4v) is 1.16. The molecule has 0 amide bonds. The molecule has 0 fully saturated rings. The predicted molar refractivity (Wildman–Crippen MR) is 56.1 cm³/mol. The molecule has 0 radical (unpaired) electrons.